The number of hydrogen-bond donors (Lipinski definition) is 1. The van der Waals surface area contributed by atoms with E-state index in [4.69, 9.17) is 4.74 Å². The molecule has 0 aromatic heterocycles. The topological polar surface area (TPSA) is 75.7 Å². The minimum absolute atomic E-state index is 0.234. The van der Waals surface area contributed by atoms with Gasteiger partial charge < -0.3 is 10.1 Å². The molecular formula is C23H22N2O4S. The number of methoxy groups -OCH3 is 1. The first kappa shape index (κ1) is 20.0. The molecule has 7 heteroatoms. The molecule has 1 aliphatic rings. The second kappa shape index (κ2) is 7.18. The van der Waals surface area contributed by atoms with Crippen LogP contribution in [0.25, 0.3) is 11.1 Å². The fraction of sp³-hybridized carbons (Fsp3) is 0.174. The van der Waals surface area contributed by atoms with E-state index >= 15 is 0 Å². The van der Waals surface area contributed by atoms with Crippen LogP contribution in [0.1, 0.15) is 21.5 Å². The van der Waals surface area contributed by atoms with Gasteiger partial charge in [-0.05, 0) is 55.3 Å². The fourth-order valence-electron chi connectivity index (χ4n) is 3.83. The summed E-state index contributed by atoms with van der Waals surface area (Å²) in [6, 6.07) is 15.8. The molecule has 0 saturated heterocycles. The van der Waals surface area contributed by atoms with Crippen LogP contribution in [0.2, 0.25) is 0 Å². The van der Waals surface area contributed by atoms with Crippen molar-refractivity contribution in [1.82, 2.24) is 0 Å². The molecule has 6 nitrogen and oxygen atoms in total. The van der Waals surface area contributed by atoms with Crippen LogP contribution in [0.3, 0.4) is 0 Å². The van der Waals surface area contributed by atoms with E-state index in [-0.39, 0.29) is 10.8 Å². The summed E-state index contributed by atoms with van der Waals surface area (Å²) in [4.78, 5) is 13.3. The van der Waals surface area contributed by atoms with E-state index in [1.54, 1.807) is 49.6 Å². The summed E-state index contributed by atoms with van der Waals surface area (Å²) in [5.74, 6) is 0.276. The SMILES string of the molecule is COc1ccc(C)cc1NC(=O)c1cc(C)c2c(c1)-c1ccccc1S(=O)(=O)N2C. The van der Waals surface area contributed by atoms with Crippen LogP contribution in [-0.4, -0.2) is 28.5 Å². The summed E-state index contributed by atoms with van der Waals surface area (Å²) in [6.07, 6.45) is 0. The third-order valence-electron chi connectivity index (χ3n) is 5.30. The molecule has 4 rings (SSSR count). The average Bonchev–Trinajstić information content (AvgIpc) is 2.72. The number of benzene rings is 3. The number of sulfonamides is 1. The molecule has 3 aromatic carbocycles. The lowest BCUT2D eigenvalue weighted by molar-refractivity contribution is 0.102. The molecule has 0 unspecified atom stereocenters. The van der Waals surface area contributed by atoms with Crippen molar-refractivity contribution in [3.63, 3.8) is 0 Å². The number of rotatable bonds is 3. The Hall–Kier alpha value is -3.32. The zero-order valence-corrected chi connectivity index (χ0v) is 18.0. The van der Waals surface area contributed by atoms with Crippen molar-refractivity contribution in [2.24, 2.45) is 0 Å². The van der Waals surface area contributed by atoms with Crippen molar-refractivity contribution in [3.8, 4) is 16.9 Å². The summed E-state index contributed by atoms with van der Waals surface area (Å²) in [7, 11) is -0.548. The van der Waals surface area contributed by atoms with E-state index in [0.717, 1.165) is 5.56 Å². The van der Waals surface area contributed by atoms with Crippen molar-refractivity contribution in [3.05, 3.63) is 71.3 Å². The lowest BCUT2D eigenvalue weighted by Crippen LogP contribution is -2.31. The first-order valence-corrected chi connectivity index (χ1v) is 10.9. The molecule has 0 aliphatic carbocycles. The lowest BCUT2D eigenvalue weighted by Gasteiger charge is -2.31. The first-order valence-electron chi connectivity index (χ1n) is 9.43. The first-order chi connectivity index (χ1) is 14.2. The molecular weight excluding hydrogens is 400 g/mol. The molecule has 154 valence electrons. The van der Waals surface area contributed by atoms with Gasteiger partial charge in [0.25, 0.3) is 15.9 Å². The molecule has 0 atom stereocenters. The number of carbonyl (C=O) groups excluding carboxylic acids is 1. The van der Waals surface area contributed by atoms with E-state index in [1.807, 2.05) is 26.0 Å². The Morgan fingerprint density at radius 1 is 1.00 bits per heavy atom. The van der Waals surface area contributed by atoms with E-state index < -0.39 is 10.0 Å². The van der Waals surface area contributed by atoms with Crippen LogP contribution in [0.4, 0.5) is 11.4 Å². The van der Waals surface area contributed by atoms with E-state index in [0.29, 0.717) is 39.4 Å². The van der Waals surface area contributed by atoms with E-state index in [9.17, 15) is 13.2 Å². The highest BCUT2D eigenvalue weighted by Gasteiger charge is 2.34. The molecule has 0 saturated carbocycles. The van der Waals surface area contributed by atoms with Crippen LogP contribution in [-0.2, 0) is 10.0 Å². The zero-order chi connectivity index (χ0) is 21.6. The van der Waals surface area contributed by atoms with Crippen LogP contribution >= 0.6 is 0 Å². The molecule has 1 amide bonds. The number of fused-ring (bicyclic) bond motifs is 3. The Labute approximate surface area is 176 Å². The summed E-state index contributed by atoms with van der Waals surface area (Å²) in [5, 5.41) is 2.91. The van der Waals surface area contributed by atoms with Crippen molar-refractivity contribution in [2.45, 2.75) is 18.7 Å². The van der Waals surface area contributed by atoms with Crippen molar-refractivity contribution < 1.29 is 17.9 Å². The smallest absolute Gasteiger partial charge is 0.264 e. The molecule has 1 N–H and O–H groups in total. The highest BCUT2D eigenvalue weighted by molar-refractivity contribution is 7.93. The van der Waals surface area contributed by atoms with Crippen LogP contribution < -0.4 is 14.4 Å². The number of amides is 1. The van der Waals surface area contributed by atoms with Gasteiger partial charge in [0.05, 0.1) is 23.4 Å². The highest BCUT2D eigenvalue weighted by Crippen LogP contribution is 2.44. The van der Waals surface area contributed by atoms with Gasteiger partial charge in [-0.15, -0.1) is 0 Å². The number of hydrogen-bond acceptors (Lipinski definition) is 4. The Morgan fingerprint density at radius 2 is 1.73 bits per heavy atom. The van der Waals surface area contributed by atoms with Gasteiger partial charge in [-0.2, -0.15) is 0 Å². The lowest BCUT2D eigenvalue weighted by atomic mass is 9.96. The number of carbonyl (C=O) groups is 1. The van der Waals surface area contributed by atoms with Crippen molar-refractivity contribution in [1.29, 1.82) is 0 Å². The maximum Gasteiger partial charge on any atom is 0.264 e. The fourth-order valence-corrected chi connectivity index (χ4v) is 5.31. The van der Waals surface area contributed by atoms with E-state index in [2.05, 4.69) is 5.32 Å². The molecule has 0 spiro atoms. The van der Waals surface area contributed by atoms with Gasteiger partial charge in [-0.1, -0.05) is 24.3 Å². The molecule has 0 fully saturated rings. The minimum Gasteiger partial charge on any atom is -0.495 e. The maximum atomic E-state index is 13.1. The molecule has 1 heterocycles. The molecule has 0 radical (unpaired) electrons. The van der Waals surface area contributed by atoms with Crippen LogP contribution in [0.5, 0.6) is 5.75 Å². The van der Waals surface area contributed by atoms with Gasteiger partial charge in [-0.25, -0.2) is 8.42 Å². The third-order valence-corrected chi connectivity index (χ3v) is 7.11. The Balaban J connectivity index is 1.82. The van der Waals surface area contributed by atoms with Crippen molar-refractivity contribution in [2.75, 3.05) is 23.8 Å². The van der Waals surface area contributed by atoms with Gasteiger partial charge >= 0.3 is 0 Å². The molecule has 3 aromatic rings. The van der Waals surface area contributed by atoms with Gasteiger partial charge in [0.2, 0.25) is 0 Å². The average molecular weight is 423 g/mol. The third kappa shape index (κ3) is 3.11. The van der Waals surface area contributed by atoms with Gasteiger partial charge in [0, 0.05) is 23.7 Å². The summed E-state index contributed by atoms with van der Waals surface area (Å²) in [5.41, 5.74) is 4.61. The Kier molecular flexibility index (Phi) is 4.78. The quantitative estimate of drug-likeness (QED) is 0.680. The standard InChI is InChI=1S/C23H22N2O4S/c1-14-9-10-20(29-4)19(11-14)24-23(26)16-12-15(2)22-18(13-16)17-7-5-6-8-21(17)30(27,28)25(22)3/h5-13H,1-4H3,(H,24,26). The summed E-state index contributed by atoms with van der Waals surface area (Å²) in [6.45, 7) is 3.74. The van der Waals surface area contributed by atoms with Gasteiger partial charge in [-0.3, -0.25) is 9.10 Å². The van der Waals surface area contributed by atoms with Crippen molar-refractivity contribution >= 4 is 27.3 Å². The number of nitrogens with one attached hydrogen (secondary N) is 1. The Morgan fingerprint density at radius 3 is 2.47 bits per heavy atom. The van der Waals surface area contributed by atoms with Gasteiger partial charge in [0.1, 0.15) is 5.75 Å². The highest BCUT2D eigenvalue weighted by atomic mass is 32.2. The summed E-state index contributed by atoms with van der Waals surface area (Å²) < 4.78 is 32.5. The number of nitrogens with zero attached hydrogens (tertiary/aromatic N) is 1. The second-order valence-electron chi connectivity index (χ2n) is 7.32. The van der Waals surface area contributed by atoms with Crippen LogP contribution in [0.15, 0.2) is 59.5 Å². The predicted molar refractivity (Wildman–Crippen MR) is 118 cm³/mol. The monoisotopic (exact) mass is 422 g/mol. The zero-order valence-electron chi connectivity index (χ0n) is 17.2. The van der Waals surface area contributed by atoms with Crippen LogP contribution in [0, 0.1) is 13.8 Å². The largest absolute Gasteiger partial charge is 0.495 e. The molecule has 0 bridgehead atoms. The molecule has 30 heavy (non-hydrogen) atoms. The maximum absolute atomic E-state index is 13.1. The normalized spacial score (nSPS) is 13.9. The number of aryl methyl sites for hydroxylation is 2. The number of anilines is 2. The predicted octanol–water partition coefficient (Wildman–Crippen LogP) is 4.37. The summed E-state index contributed by atoms with van der Waals surface area (Å²) >= 11 is 0. The minimum atomic E-state index is -3.64. The Bertz CT molecular complexity index is 1280. The second-order valence-corrected chi connectivity index (χ2v) is 9.25. The molecule has 1 aliphatic heterocycles. The number of ether oxygens (including phenoxy) is 1. The van der Waals surface area contributed by atoms with Gasteiger partial charge in [0.15, 0.2) is 0 Å². The van der Waals surface area contributed by atoms with E-state index in [1.165, 1.54) is 11.4 Å².